The number of rotatable bonds is 5. The molecule has 6 heteroatoms. The predicted octanol–water partition coefficient (Wildman–Crippen LogP) is 3.44. The lowest BCUT2D eigenvalue weighted by atomic mass is 9.99. The molecule has 0 fully saturated rings. The Morgan fingerprint density at radius 1 is 1.25 bits per heavy atom. The summed E-state index contributed by atoms with van der Waals surface area (Å²) >= 11 is 0. The molecule has 1 N–H and O–H groups in total. The van der Waals surface area contributed by atoms with E-state index in [1.165, 1.54) is 17.5 Å². The second-order valence-corrected chi connectivity index (χ2v) is 6.56. The Bertz CT molecular complexity index is 901. The third kappa shape index (κ3) is 2.33. The van der Waals surface area contributed by atoms with Crippen molar-refractivity contribution >= 4 is 28.0 Å². The van der Waals surface area contributed by atoms with Gasteiger partial charge in [0, 0.05) is 13.7 Å². The van der Waals surface area contributed by atoms with Crippen molar-refractivity contribution < 1.29 is 9.15 Å². The van der Waals surface area contributed by atoms with Gasteiger partial charge in [-0.2, -0.15) is 0 Å². The Hall–Kier alpha value is -2.21. The standard InChI is InChI=1S/C18H22N4O2/c1-10(2)14-12-6-4-5-11(12)13-15-16(24-18(13)22-14)17(21-9-20-15)19-7-8-23-3/h9-10H,4-8H2,1-3H3,(H,19,20,21). The van der Waals surface area contributed by atoms with Gasteiger partial charge < -0.3 is 14.5 Å². The summed E-state index contributed by atoms with van der Waals surface area (Å²) in [6, 6.07) is 0. The van der Waals surface area contributed by atoms with E-state index in [0.717, 1.165) is 29.4 Å². The molecule has 0 unspecified atom stereocenters. The number of furan rings is 1. The van der Waals surface area contributed by atoms with Gasteiger partial charge in [-0.1, -0.05) is 13.8 Å². The SMILES string of the molecule is COCCNc1ncnc2c1oc1nc(C(C)C)c3c(c12)CCC3. The molecule has 1 aliphatic carbocycles. The average Bonchev–Trinajstić information content (AvgIpc) is 3.18. The molecule has 126 valence electrons. The maximum Gasteiger partial charge on any atom is 0.229 e. The molecule has 0 bridgehead atoms. The Kier molecular flexibility index (Phi) is 3.84. The molecule has 0 saturated heterocycles. The van der Waals surface area contributed by atoms with Gasteiger partial charge in [-0.15, -0.1) is 0 Å². The molecule has 0 aliphatic heterocycles. The largest absolute Gasteiger partial charge is 0.432 e. The summed E-state index contributed by atoms with van der Waals surface area (Å²) < 4.78 is 11.2. The van der Waals surface area contributed by atoms with Crippen molar-refractivity contribution in [1.82, 2.24) is 15.0 Å². The van der Waals surface area contributed by atoms with Crippen molar-refractivity contribution in [1.29, 1.82) is 0 Å². The number of ether oxygens (including phenoxy) is 1. The average molecular weight is 326 g/mol. The molecule has 24 heavy (non-hydrogen) atoms. The first-order valence-electron chi connectivity index (χ1n) is 8.52. The molecule has 3 heterocycles. The van der Waals surface area contributed by atoms with Gasteiger partial charge in [0.15, 0.2) is 11.4 Å². The van der Waals surface area contributed by atoms with Gasteiger partial charge in [0.1, 0.15) is 11.8 Å². The van der Waals surface area contributed by atoms with Gasteiger partial charge in [-0.05, 0) is 36.3 Å². The van der Waals surface area contributed by atoms with E-state index in [4.69, 9.17) is 14.1 Å². The van der Waals surface area contributed by atoms with E-state index >= 15 is 0 Å². The second-order valence-electron chi connectivity index (χ2n) is 6.56. The van der Waals surface area contributed by atoms with Gasteiger partial charge in [0.05, 0.1) is 17.7 Å². The summed E-state index contributed by atoms with van der Waals surface area (Å²) in [5.74, 6) is 1.09. The minimum Gasteiger partial charge on any atom is -0.432 e. The fraction of sp³-hybridized carbons (Fsp3) is 0.500. The lowest BCUT2D eigenvalue weighted by Crippen LogP contribution is -2.09. The van der Waals surface area contributed by atoms with Crippen molar-refractivity contribution in [3.63, 3.8) is 0 Å². The summed E-state index contributed by atoms with van der Waals surface area (Å²) in [6.07, 6.45) is 4.93. The first-order chi connectivity index (χ1) is 11.7. The van der Waals surface area contributed by atoms with Crippen LogP contribution in [0.15, 0.2) is 10.7 Å². The molecular formula is C18H22N4O2. The van der Waals surface area contributed by atoms with Crippen LogP contribution in [0.1, 0.15) is 43.0 Å². The first kappa shape index (κ1) is 15.3. The van der Waals surface area contributed by atoms with E-state index < -0.39 is 0 Å². The molecule has 1 aliphatic rings. The monoisotopic (exact) mass is 326 g/mol. The van der Waals surface area contributed by atoms with Crippen molar-refractivity contribution in [3.8, 4) is 0 Å². The summed E-state index contributed by atoms with van der Waals surface area (Å²) in [5, 5.41) is 4.33. The van der Waals surface area contributed by atoms with Crippen LogP contribution in [0.25, 0.3) is 22.2 Å². The molecule has 3 aromatic heterocycles. The number of aryl methyl sites for hydroxylation is 1. The van der Waals surface area contributed by atoms with E-state index in [0.29, 0.717) is 36.2 Å². The molecule has 0 spiro atoms. The zero-order valence-electron chi connectivity index (χ0n) is 14.3. The number of nitrogens with zero attached hydrogens (tertiary/aromatic N) is 3. The van der Waals surface area contributed by atoms with Crippen LogP contribution in [0.2, 0.25) is 0 Å². The summed E-state index contributed by atoms with van der Waals surface area (Å²) in [6.45, 7) is 5.65. The molecule has 0 saturated carbocycles. The highest BCUT2D eigenvalue weighted by molar-refractivity contribution is 6.06. The number of pyridine rings is 1. The number of methoxy groups -OCH3 is 1. The van der Waals surface area contributed by atoms with Crippen molar-refractivity contribution in [2.75, 3.05) is 25.6 Å². The Morgan fingerprint density at radius 2 is 2.08 bits per heavy atom. The number of hydrogen-bond acceptors (Lipinski definition) is 6. The van der Waals surface area contributed by atoms with Crippen LogP contribution in [0, 0.1) is 0 Å². The highest BCUT2D eigenvalue weighted by Gasteiger charge is 2.26. The zero-order chi connectivity index (χ0) is 16.7. The van der Waals surface area contributed by atoms with Gasteiger partial charge in [-0.3, -0.25) is 0 Å². The minimum atomic E-state index is 0.389. The first-order valence-corrected chi connectivity index (χ1v) is 8.52. The molecule has 4 rings (SSSR count). The van der Waals surface area contributed by atoms with Crippen LogP contribution in [0.5, 0.6) is 0 Å². The summed E-state index contributed by atoms with van der Waals surface area (Å²) in [7, 11) is 1.68. The van der Waals surface area contributed by atoms with E-state index in [-0.39, 0.29) is 0 Å². The number of hydrogen-bond donors (Lipinski definition) is 1. The molecule has 0 amide bonds. The molecule has 0 atom stereocenters. The summed E-state index contributed by atoms with van der Waals surface area (Å²) in [5.41, 5.74) is 6.16. The van der Waals surface area contributed by atoms with Gasteiger partial charge in [-0.25, -0.2) is 15.0 Å². The van der Waals surface area contributed by atoms with Gasteiger partial charge >= 0.3 is 0 Å². The van der Waals surface area contributed by atoms with E-state index in [1.807, 2.05) is 0 Å². The number of aromatic nitrogens is 3. The van der Waals surface area contributed by atoms with Crippen LogP contribution < -0.4 is 5.32 Å². The van der Waals surface area contributed by atoms with E-state index in [1.54, 1.807) is 13.4 Å². The van der Waals surface area contributed by atoms with Gasteiger partial charge in [0.25, 0.3) is 0 Å². The molecule has 0 aromatic carbocycles. The second kappa shape index (κ2) is 6.02. The lowest BCUT2D eigenvalue weighted by molar-refractivity contribution is 0.210. The maximum atomic E-state index is 6.09. The smallest absolute Gasteiger partial charge is 0.229 e. The molecule has 3 aromatic rings. The lowest BCUT2D eigenvalue weighted by Gasteiger charge is -2.10. The highest BCUT2D eigenvalue weighted by Crippen LogP contribution is 2.39. The topological polar surface area (TPSA) is 73.1 Å². The van der Waals surface area contributed by atoms with E-state index in [9.17, 15) is 0 Å². The third-order valence-electron chi connectivity index (χ3n) is 4.65. The van der Waals surface area contributed by atoms with Crippen LogP contribution in [-0.4, -0.2) is 35.2 Å². The van der Waals surface area contributed by atoms with Crippen LogP contribution in [0.4, 0.5) is 5.82 Å². The van der Waals surface area contributed by atoms with E-state index in [2.05, 4.69) is 29.1 Å². The zero-order valence-corrected chi connectivity index (χ0v) is 14.3. The fourth-order valence-electron chi connectivity index (χ4n) is 3.60. The fourth-order valence-corrected chi connectivity index (χ4v) is 3.60. The Labute approximate surface area is 140 Å². The molecule has 6 nitrogen and oxygen atoms in total. The predicted molar refractivity (Wildman–Crippen MR) is 93.6 cm³/mol. The number of fused-ring (bicyclic) bond motifs is 5. The van der Waals surface area contributed by atoms with Crippen LogP contribution in [-0.2, 0) is 17.6 Å². The van der Waals surface area contributed by atoms with Gasteiger partial charge in [0.2, 0.25) is 5.71 Å². The minimum absolute atomic E-state index is 0.389. The number of anilines is 1. The molecular weight excluding hydrogens is 304 g/mol. The normalized spacial score (nSPS) is 14.0. The third-order valence-corrected chi connectivity index (χ3v) is 4.65. The Morgan fingerprint density at radius 3 is 2.88 bits per heavy atom. The molecule has 0 radical (unpaired) electrons. The highest BCUT2D eigenvalue weighted by atomic mass is 16.5. The van der Waals surface area contributed by atoms with Crippen molar-refractivity contribution in [2.24, 2.45) is 0 Å². The van der Waals surface area contributed by atoms with Crippen LogP contribution >= 0.6 is 0 Å². The number of nitrogens with one attached hydrogen (secondary N) is 1. The summed E-state index contributed by atoms with van der Waals surface area (Å²) in [4.78, 5) is 13.7. The van der Waals surface area contributed by atoms with Crippen LogP contribution in [0.3, 0.4) is 0 Å². The Balaban J connectivity index is 1.93. The van der Waals surface area contributed by atoms with Crippen molar-refractivity contribution in [3.05, 3.63) is 23.1 Å². The maximum absolute atomic E-state index is 6.09. The quantitative estimate of drug-likeness (QED) is 0.724. The van der Waals surface area contributed by atoms with Crippen molar-refractivity contribution in [2.45, 2.75) is 39.0 Å².